The summed E-state index contributed by atoms with van der Waals surface area (Å²) in [6.07, 6.45) is 2.39. The molecule has 202 valence electrons. The number of aliphatic hydroxyl groups is 1. The molecule has 3 N–H and O–H groups in total. The molecule has 9 heteroatoms. The van der Waals surface area contributed by atoms with Gasteiger partial charge in [0.25, 0.3) is 0 Å². The molecule has 3 aromatic carbocycles. The highest BCUT2D eigenvalue weighted by molar-refractivity contribution is 6.31. The van der Waals surface area contributed by atoms with Crippen LogP contribution in [-0.2, 0) is 15.0 Å². The Hall–Kier alpha value is -2.77. The number of carbonyl (C=O) groups is 2. The van der Waals surface area contributed by atoms with Gasteiger partial charge < -0.3 is 20.5 Å². The lowest BCUT2D eigenvalue weighted by Crippen LogP contribution is -2.57. The molecule has 3 atom stereocenters. The van der Waals surface area contributed by atoms with Crippen LogP contribution in [0.4, 0.5) is 5.69 Å². The van der Waals surface area contributed by atoms with E-state index in [1.807, 2.05) is 24.3 Å². The topological polar surface area (TPSA) is 87.7 Å². The van der Waals surface area contributed by atoms with Crippen molar-refractivity contribution in [2.24, 2.45) is 0 Å². The molecular weight excluding hydrogens is 559 g/mol. The van der Waals surface area contributed by atoms with Crippen molar-refractivity contribution >= 4 is 52.3 Å². The van der Waals surface area contributed by atoms with E-state index in [4.69, 9.17) is 39.5 Å². The average Bonchev–Trinajstić information content (AvgIpc) is 3.18. The van der Waals surface area contributed by atoms with Crippen molar-refractivity contribution in [3.05, 3.63) is 92.4 Å². The van der Waals surface area contributed by atoms with Crippen LogP contribution >= 0.6 is 34.8 Å². The van der Waals surface area contributed by atoms with Gasteiger partial charge in [0.05, 0.1) is 18.2 Å². The normalized spacial score (nSPS) is 28.1. The van der Waals surface area contributed by atoms with E-state index < -0.39 is 17.4 Å². The number of rotatable bonds is 4. The van der Waals surface area contributed by atoms with Crippen LogP contribution in [-0.4, -0.2) is 29.1 Å². The van der Waals surface area contributed by atoms with Crippen molar-refractivity contribution < 1.29 is 19.4 Å². The Morgan fingerprint density at radius 2 is 1.59 bits per heavy atom. The average molecular weight is 586 g/mol. The Kier molecular flexibility index (Phi) is 7.00. The lowest BCUT2D eigenvalue weighted by atomic mass is 9.59. The van der Waals surface area contributed by atoms with Crippen molar-refractivity contribution in [2.45, 2.75) is 61.7 Å². The summed E-state index contributed by atoms with van der Waals surface area (Å²) in [7, 11) is 0. The van der Waals surface area contributed by atoms with E-state index in [1.54, 1.807) is 36.4 Å². The summed E-state index contributed by atoms with van der Waals surface area (Å²) in [5, 5.41) is 17.6. The quantitative estimate of drug-likeness (QED) is 0.323. The Balaban J connectivity index is 1.55. The third kappa shape index (κ3) is 4.67. The fraction of sp³-hybridized carbons (Fsp3) is 0.333. The molecular formula is C30H27Cl3N2O4. The zero-order valence-corrected chi connectivity index (χ0v) is 23.2. The number of benzene rings is 3. The number of hydrogen-bond donors (Lipinski definition) is 3. The second-order valence-electron chi connectivity index (χ2n) is 10.6. The number of ether oxygens (including phenoxy) is 1. The lowest BCUT2D eigenvalue weighted by molar-refractivity contribution is -0.131. The number of amides is 2. The smallest absolute Gasteiger partial charge is 0.238 e. The summed E-state index contributed by atoms with van der Waals surface area (Å²) in [5.41, 5.74) is 1.51. The van der Waals surface area contributed by atoms with Gasteiger partial charge >= 0.3 is 0 Å². The Morgan fingerprint density at radius 3 is 2.36 bits per heavy atom. The molecule has 6 rings (SSSR count). The number of aliphatic hydroxyl groups excluding tert-OH is 1. The van der Waals surface area contributed by atoms with Gasteiger partial charge in [-0.3, -0.25) is 9.59 Å². The molecule has 2 aliphatic heterocycles. The molecule has 1 saturated heterocycles. The van der Waals surface area contributed by atoms with E-state index in [-0.39, 0.29) is 30.4 Å². The lowest BCUT2D eigenvalue weighted by Gasteiger charge is -2.46. The van der Waals surface area contributed by atoms with E-state index in [0.717, 1.165) is 11.1 Å². The number of nitrogens with one attached hydrogen (secondary N) is 2. The fourth-order valence-electron chi connectivity index (χ4n) is 6.46. The second-order valence-corrected chi connectivity index (χ2v) is 11.9. The minimum atomic E-state index is -1.23. The van der Waals surface area contributed by atoms with Gasteiger partial charge in [-0.15, -0.1) is 0 Å². The van der Waals surface area contributed by atoms with Crippen LogP contribution in [0.2, 0.25) is 15.1 Å². The predicted octanol–water partition coefficient (Wildman–Crippen LogP) is 6.56. The van der Waals surface area contributed by atoms with Crippen LogP contribution in [0.15, 0.2) is 60.7 Å². The molecule has 1 aliphatic carbocycles. The summed E-state index contributed by atoms with van der Waals surface area (Å²) >= 11 is 19.2. The number of piperidine rings is 1. The first kappa shape index (κ1) is 26.5. The van der Waals surface area contributed by atoms with Crippen LogP contribution in [0.5, 0.6) is 5.75 Å². The molecule has 1 saturated carbocycles. The highest BCUT2D eigenvalue weighted by atomic mass is 35.5. The summed E-state index contributed by atoms with van der Waals surface area (Å²) in [5.74, 6) is -0.430. The van der Waals surface area contributed by atoms with Crippen LogP contribution in [0.25, 0.3) is 0 Å². The van der Waals surface area contributed by atoms with E-state index in [9.17, 15) is 14.7 Å². The molecule has 2 heterocycles. The van der Waals surface area contributed by atoms with Crippen LogP contribution in [0, 0.1) is 0 Å². The number of halogens is 3. The minimum absolute atomic E-state index is 0.0869. The van der Waals surface area contributed by atoms with Gasteiger partial charge in [0.2, 0.25) is 11.8 Å². The van der Waals surface area contributed by atoms with Gasteiger partial charge in [-0.05, 0) is 79.3 Å². The van der Waals surface area contributed by atoms with E-state index in [1.165, 1.54) is 0 Å². The highest BCUT2D eigenvalue weighted by Gasteiger charge is 2.61. The molecule has 0 aromatic heterocycles. The standard InChI is InChI=1S/C30H27Cl3N2O4/c31-17-3-1-2-16(12-17)24-15-27(37)35-28(30(24)23-10-4-19(33)14-25(23)34-29(30)38)22-13-18(32)5-11-26(22)39-21-8-6-20(36)7-9-21/h1-5,10-14,20-21,24,28,36H,6-9,15H2,(H,34,38)(H,35,37)/t20?,21?,24-,28+,30-/m1/s1. The van der Waals surface area contributed by atoms with Crippen molar-refractivity contribution in [3.8, 4) is 5.75 Å². The van der Waals surface area contributed by atoms with Crippen molar-refractivity contribution in [2.75, 3.05) is 5.32 Å². The zero-order valence-electron chi connectivity index (χ0n) is 20.9. The fourth-order valence-corrected chi connectivity index (χ4v) is 7.02. The molecule has 0 bridgehead atoms. The molecule has 6 nitrogen and oxygen atoms in total. The van der Waals surface area contributed by atoms with Crippen molar-refractivity contribution in [1.29, 1.82) is 0 Å². The number of hydrogen-bond acceptors (Lipinski definition) is 4. The number of anilines is 1. The number of carbonyl (C=O) groups excluding carboxylic acids is 2. The third-order valence-corrected chi connectivity index (χ3v) is 8.93. The third-order valence-electron chi connectivity index (χ3n) is 8.22. The van der Waals surface area contributed by atoms with Crippen molar-refractivity contribution in [1.82, 2.24) is 5.32 Å². The van der Waals surface area contributed by atoms with Gasteiger partial charge in [0.15, 0.2) is 0 Å². The maximum atomic E-state index is 14.3. The molecule has 3 aliphatic rings. The Bertz CT molecular complexity index is 1460. The molecule has 2 fully saturated rings. The molecule has 39 heavy (non-hydrogen) atoms. The summed E-state index contributed by atoms with van der Waals surface area (Å²) in [6.45, 7) is 0. The molecule has 3 aromatic rings. The molecule has 1 spiro atoms. The summed E-state index contributed by atoms with van der Waals surface area (Å²) in [6, 6.07) is 17.2. The van der Waals surface area contributed by atoms with Gasteiger partial charge in [-0.1, -0.05) is 53.0 Å². The van der Waals surface area contributed by atoms with Gasteiger partial charge in [0.1, 0.15) is 11.2 Å². The monoisotopic (exact) mass is 584 g/mol. The first-order chi connectivity index (χ1) is 18.8. The van der Waals surface area contributed by atoms with E-state index >= 15 is 0 Å². The van der Waals surface area contributed by atoms with Crippen LogP contribution in [0.3, 0.4) is 0 Å². The Labute approximate surface area is 241 Å². The predicted molar refractivity (Wildman–Crippen MR) is 152 cm³/mol. The summed E-state index contributed by atoms with van der Waals surface area (Å²) in [4.78, 5) is 27.6. The van der Waals surface area contributed by atoms with Gasteiger partial charge in [-0.2, -0.15) is 0 Å². The SMILES string of the molecule is O=C1C[C@H](c2cccc(Cl)c2)[C@@]2(C(=O)Nc3cc(Cl)ccc32)[C@H](c2cc(Cl)ccc2OC2CCC(O)CC2)N1. The van der Waals surface area contributed by atoms with E-state index in [2.05, 4.69) is 10.6 Å². The minimum Gasteiger partial charge on any atom is -0.490 e. The first-order valence-corrected chi connectivity index (χ1v) is 14.2. The van der Waals surface area contributed by atoms with Gasteiger partial charge in [0, 0.05) is 38.7 Å². The van der Waals surface area contributed by atoms with E-state index in [0.29, 0.717) is 57.8 Å². The first-order valence-electron chi connectivity index (χ1n) is 13.1. The van der Waals surface area contributed by atoms with Crippen LogP contribution < -0.4 is 15.4 Å². The van der Waals surface area contributed by atoms with Crippen LogP contribution in [0.1, 0.15) is 60.8 Å². The maximum Gasteiger partial charge on any atom is 0.238 e. The number of fused-ring (bicyclic) bond motifs is 2. The highest BCUT2D eigenvalue weighted by Crippen LogP contribution is 2.58. The summed E-state index contributed by atoms with van der Waals surface area (Å²) < 4.78 is 6.49. The van der Waals surface area contributed by atoms with Crippen molar-refractivity contribution in [3.63, 3.8) is 0 Å². The van der Waals surface area contributed by atoms with Gasteiger partial charge in [-0.25, -0.2) is 0 Å². The Morgan fingerprint density at radius 1 is 0.872 bits per heavy atom. The largest absolute Gasteiger partial charge is 0.490 e. The molecule has 0 unspecified atom stereocenters. The second kappa shape index (κ2) is 10.3. The zero-order chi connectivity index (χ0) is 27.3. The molecule has 2 amide bonds. The maximum absolute atomic E-state index is 14.3. The molecule has 0 radical (unpaired) electrons.